The predicted molar refractivity (Wildman–Crippen MR) is 114 cm³/mol. The Morgan fingerprint density at radius 1 is 1.17 bits per heavy atom. The van der Waals surface area contributed by atoms with Crippen LogP contribution in [0.1, 0.15) is 28.9 Å². The second-order valence-electron chi connectivity index (χ2n) is 8.13. The Hall–Kier alpha value is -2.90. The number of amides is 1. The number of rotatable bonds is 5. The summed E-state index contributed by atoms with van der Waals surface area (Å²) < 4.78 is 11.1. The number of nitrogens with one attached hydrogen (secondary N) is 2. The highest BCUT2D eigenvalue weighted by atomic mass is 16.5. The summed E-state index contributed by atoms with van der Waals surface area (Å²) >= 11 is 0. The molecule has 5 rings (SSSR count). The Bertz CT molecular complexity index is 1020. The van der Waals surface area contributed by atoms with Gasteiger partial charge in [-0.1, -0.05) is 30.3 Å². The third-order valence-electron chi connectivity index (χ3n) is 6.22. The number of aromatic nitrogens is 2. The van der Waals surface area contributed by atoms with Gasteiger partial charge in [-0.2, -0.15) is 5.10 Å². The van der Waals surface area contributed by atoms with Gasteiger partial charge in [0.1, 0.15) is 5.75 Å². The maximum absolute atomic E-state index is 12.9. The molecule has 2 fully saturated rings. The van der Waals surface area contributed by atoms with Crippen molar-refractivity contribution in [2.75, 3.05) is 20.3 Å². The Kier molecular flexibility index (Phi) is 5.14. The number of piperidine rings is 1. The molecule has 2 saturated heterocycles. The minimum atomic E-state index is -0.111. The number of methoxy groups -OCH3 is 1. The van der Waals surface area contributed by atoms with Gasteiger partial charge in [0, 0.05) is 30.1 Å². The summed E-state index contributed by atoms with van der Waals surface area (Å²) in [5.74, 6) is 0.759. The van der Waals surface area contributed by atoms with Gasteiger partial charge in [0.05, 0.1) is 25.8 Å². The predicted octanol–water partition coefficient (Wildman–Crippen LogP) is 2.73. The van der Waals surface area contributed by atoms with E-state index in [-0.39, 0.29) is 11.9 Å². The SMILES string of the molecule is COc1ccc(CN2C3COCC2CC(NC(=O)c2n[nH]c4ccccc24)C3)cc1. The highest BCUT2D eigenvalue weighted by Gasteiger charge is 2.39. The fraction of sp³-hybridized carbons (Fsp3) is 0.391. The van der Waals surface area contributed by atoms with Crippen molar-refractivity contribution in [3.05, 3.63) is 59.8 Å². The molecule has 2 aromatic carbocycles. The number of carbonyl (C=O) groups is 1. The van der Waals surface area contributed by atoms with Crippen molar-refractivity contribution < 1.29 is 14.3 Å². The number of fused-ring (bicyclic) bond motifs is 3. The number of ether oxygens (including phenoxy) is 2. The average Bonchev–Trinajstić information content (AvgIpc) is 3.19. The highest BCUT2D eigenvalue weighted by Crippen LogP contribution is 2.30. The van der Waals surface area contributed by atoms with E-state index in [4.69, 9.17) is 9.47 Å². The highest BCUT2D eigenvalue weighted by molar-refractivity contribution is 6.04. The summed E-state index contributed by atoms with van der Waals surface area (Å²) in [6.07, 6.45) is 1.75. The molecular weight excluding hydrogens is 380 g/mol. The van der Waals surface area contributed by atoms with Crippen molar-refractivity contribution in [2.45, 2.75) is 37.5 Å². The van der Waals surface area contributed by atoms with Gasteiger partial charge in [0.2, 0.25) is 0 Å². The first-order valence-corrected chi connectivity index (χ1v) is 10.4. The van der Waals surface area contributed by atoms with Crippen molar-refractivity contribution in [3.8, 4) is 5.75 Å². The minimum absolute atomic E-state index is 0.111. The molecule has 1 aromatic heterocycles. The van der Waals surface area contributed by atoms with Gasteiger partial charge in [0.15, 0.2) is 5.69 Å². The molecule has 3 aromatic rings. The van der Waals surface area contributed by atoms with Crippen molar-refractivity contribution in [1.82, 2.24) is 20.4 Å². The summed E-state index contributed by atoms with van der Waals surface area (Å²) in [6.45, 7) is 2.28. The number of hydrogen-bond acceptors (Lipinski definition) is 5. The molecule has 0 spiro atoms. The summed E-state index contributed by atoms with van der Waals surface area (Å²) in [4.78, 5) is 15.4. The monoisotopic (exact) mass is 406 g/mol. The number of nitrogens with zero attached hydrogens (tertiary/aromatic N) is 2. The number of aromatic amines is 1. The van der Waals surface area contributed by atoms with Gasteiger partial charge in [0.25, 0.3) is 5.91 Å². The molecule has 2 N–H and O–H groups in total. The van der Waals surface area contributed by atoms with Crippen LogP contribution >= 0.6 is 0 Å². The Balaban J connectivity index is 1.26. The van der Waals surface area contributed by atoms with Crippen LogP contribution in [0.2, 0.25) is 0 Å². The fourth-order valence-electron chi connectivity index (χ4n) is 4.70. The lowest BCUT2D eigenvalue weighted by molar-refractivity contribution is -0.0843. The average molecular weight is 406 g/mol. The smallest absolute Gasteiger partial charge is 0.272 e. The summed E-state index contributed by atoms with van der Waals surface area (Å²) in [6, 6.07) is 16.7. The molecule has 30 heavy (non-hydrogen) atoms. The van der Waals surface area contributed by atoms with Gasteiger partial charge in [-0.3, -0.25) is 14.8 Å². The van der Waals surface area contributed by atoms with Crippen LogP contribution in [0.4, 0.5) is 0 Å². The number of para-hydroxylation sites is 1. The molecule has 2 aliphatic rings. The normalized spacial score (nSPS) is 24.0. The number of hydrogen-bond donors (Lipinski definition) is 2. The summed E-state index contributed by atoms with van der Waals surface area (Å²) in [5, 5.41) is 11.3. The topological polar surface area (TPSA) is 79.5 Å². The fourth-order valence-corrected chi connectivity index (χ4v) is 4.70. The largest absolute Gasteiger partial charge is 0.497 e. The van der Waals surface area contributed by atoms with Crippen LogP contribution in [-0.2, 0) is 11.3 Å². The van der Waals surface area contributed by atoms with Crippen LogP contribution in [0, 0.1) is 0 Å². The quantitative estimate of drug-likeness (QED) is 0.681. The molecule has 2 atom stereocenters. The molecule has 2 bridgehead atoms. The number of H-pyrrole nitrogens is 1. The van der Waals surface area contributed by atoms with Crippen LogP contribution in [0.25, 0.3) is 10.9 Å². The first-order chi connectivity index (χ1) is 14.7. The number of carbonyl (C=O) groups excluding carboxylic acids is 1. The molecule has 7 nitrogen and oxygen atoms in total. The number of benzene rings is 2. The molecule has 0 radical (unpaired) electrons. The summed E-state index contributed by atoms with van der Waals surface area (Å²) in [7, 11) is 1.68. The van der Waals surface area contributed by atoms with Gasteiger partial charge in [-0.15, -0.1) is 0 Å². The van der Waals surface area contributed by atoms with Crippen molar-refractivity contribution in [3.63, 3.8) is 0 Å². The second kappa shape index (κ2) is 8.08. The van der Waals surface area contributed by atoms with E-state index in [0.717, 1.165) is 36.0 Å². The van der Waals surface area contributed by atoms with Crippen LogP contribution in [0.3, 0.4) is 0 Å². The van der Waals surface area contributed by atoms with Gasteiger partial charge < -0.3 is 14.8 Å². The van der Waals surface area contributed by atoms with E-state index in [1.807, 2.05) is 36.4 Å². The van der Waals surface area contributed by atoms with E-state index in [2.05, 4.69) is 32.5 Å². The zero-order valence-corrected chi connectivity index (χ0v) is 17.0. The lowest BCUT2D eigenvalue weighted by atomic mass is 9.89. The Morgan fingerprint density at radius 2 is 1.90 bits per heavy atom. The molecule has 2 aliphatic heterocycles. The summed E-state index contributed by atoms with van der Waals surface area (Å²) in [5.41, 5.74) is 2.60. The van der Waals surface area contributed by atoms with E-state index < -0.39 is 0 Å². The second-order valence-corrected chi connectivity index (χ2v) is 8.13. The molecular formula is C23H26N4O3. The molecule has 0 aliphatic carbocycles. The maximum atomic E-state index is 12.9. The molecule has 1 amide bonds. The van der Waals surface area contributed by atoms with Crippen molar-refractivity contribution in [1.29, 1.82) is 0 Å². The lowest BCUT2D eigenvalue weighted by Crippen LogP contribution is -2.60. The van der Waals surface area contributed by atoms with E-state index in [1.165, 1.54) is 5.56 Å². The van der Waals surface area contributed by atoms with Crippen LogP contribution in [0.5, 0.6) is 5.75 Å². The molecule has 7 heteroatoms. The molecule has 156 valence electrons. The number of morpholine rings is 1. The van der Waals surface area contributed by atoms with Crippen LogP contribution in [-0.4, -0.2) is 59.5 Å². The Labute approximate surface area is 175 Å². The van der Waals surface area contributed by atoms with Crippen LogP contribution in [0.15, 0.2) is 48.5 Å². The van der Waals surface area contributed by atoms with Crippen LogP contribution < -0.4 is 10.1 Å². The zero-order chi connectivity index (χ0) is 20.5. The lowest BCUT2D eigenvalue weighted by Gasteiger charge is -2.48. The first kappa shape index (κ1) is 19.1. The maximum Gasteiger partial charge on any atom is 0.272 e. The van der Waals surface area contributed by atoms with E-state index in [9.17, 15) is 4.79 Å². The van der Waals surface area contributed by atoms with Crippen molar-refractivity contribution in [2.24, 2.45) is 0 Å². The third kappa shape index (κ3) is 3.66. The van der Waals surface area contributed by atoms with Gasteiger partial charge in [-0.05, 0) is 36.6 Å². The standard InChI is InChI=1S/C23H26N4O3/c1-29-19-8-6-15(7-9-19)12-27-17-10-16(11-18(27)14-30-13-17)24-23(28)22-20-4-2-3-5-21(20)25-26-22/h2-9,16-18H,10-14H2,1H3,(H,24,28)(H,25,26). The molecule has 2 unspecified atom stereocenters. The third-order valence-corrected chi connectivity index (χ3v) is 6.22. The minimum Gasteiger partial charge on any atom is -0.497 e. The molecule has 3 heterocycles. The van der Waals surface area contributed by atoms with Crippen molar-refractivity contribution >= 4 is 16.8 Å². The first-order valence-electron chi connectivity index (χ1n) is 10.4. The van der Waals surface area contributed by atoms with Gasteiger partial charge >= 0.3 is 0 Å². The zero-order valence-electron chi connectivity index (χ0n) is 17.0. The van der Waals surface area contributed by atoms with Gasteiger partial charge in [-0.25, -0.2) is 0 Å². The Morgan fingerprint density at radius 3 is 2.63 bits per heavy atom. The van der Waals surface area contributed by atoms with E-state index in [1.54, 1.807) is 7.11 Å². The molecule has 0 saturated carbocycles. The van der Waals surface area contributed by atoms with E-state index >= 15 is 0 Å². The van der Waals surface area contributed by atoms with E-state index in [0.29, 0.717) is 31.0 Å².